The number of fused-ring (bicyclic) bond motifs is 5. The quantitative estimate of drug-likeness (QED) is 0.657. The molecule has 1 heterocycles. The van der Waals surface area contributed by atoms with Gasteiger partial charge in [-0.05, 0) is 75.5 Å². The molecule has 0 radical (unpaired) electrons. The van der Waals surface area contributed by atoms with Gasteiger partial charge in [-0.15, -0.1) is 0 Å². The van der Waals surface area contributed by atoms with E-state index < -0.39 is 6.04 Å². The molecule has 7 nitrogen and oxygen atoms in total. The molecule has 1 aliphatic heterocycles. The first-order chi connectivity index (χ1) is 13.9. The van der Waals surface area contributed by atoms with Crippen LogP contribution in [0.5, 0.6) is 0 Å². The van der Waals surface area contributed by atoms with Gasteiger partial charge in [-0.25, -0.2) is 0 Å². The van der Waals surface area contributed by atoms with Gasteiger partial charge in [0.2, 0.25) is 11.8 Å². The van der Waals surface area contributed by atoms with Crippen molar-refractivity contribution in [2.45, 2.75) is 82.6 Å². The Morgan fingerprint density at radius 3 is 2.07 bits per heavy atom. The second-order valence-corrected chi connectivity index (χ2v) is 9.35. The van der Waals surface area contributed by atoms with E-state index >= 15 is 0 Å². The summed E-state index contributed by atoms with van der Waals surface area (Å²) in [6.45, 7) is 1.62. The van der Waals surface area contributed by atoms with Crippen LogP contribution in [-0.4, -0.2) is 62.0 Å². The third-order valence-corrected chi connectivity index (χ3v) is 7.47. The smallest absolute Gasteiger partial charge is 0.242 e. The van der Waals surface area contributed by atoms with Gasteiger partial charge < -0.3 is 25.2 Å². The third kappa shape index (κ3) is 5.50. The Bertz CT molecular complexity index is 571. The Kier molecular flexibility index (Phi) is 7.93. The van der Waals surface area contributed by atoms with Gasteiger partial charge in [0.25, 0.3) is 0 Å². The Morgan fingerprint density at radius 1 is 0.897 bits per heavy atom. The van der Waals surface area contributed by atoms with E-state index in [1.165, 1.54) is 0 Å². The molecule has 3 rings (SSSR count). The highest BCUT2D eigenvalue weighted by molar-refractivity contribution is 5.87. The third-order valence-electron chi connectivity index (χ3n) is 7.47. The van der Waals surface area contributed by atoms with Gasteiger partial charge in [0.05, 0.1) is 24.9 Å². The normalized spacial score (nSPS) is 41.8. The first-order valence-electron chi connectivity index (χ1n) is 11.2. The van der Waals surface area contributed by atoms with Crippen molar-refractivity contribution in [1.82, 2.24) is 10.6 Å². The molecule has 2 amide bonds. The van der Waals surface area contributed by atoms with Gasteiger partial charge in [0.15, 0.2) is 0 Å². The summed E-state index contributed by atoms with van der Waals surface area (Å²) in [5.74, 6) is 1.21. The van der Waals surface area contributed by atoms with E-state index in [9.17, 15) is 14.7 Å². The van der Waals surface area contributed by atoms with Crippen LogP contribution in [0.15, 0.2) is 0 Å². The van der Waals surface area contributed by atoms with Crippen LogP contribution in [0.4, 0.5) is 0 Å². The Hall–Kier alpha value is -1.18. The lowest BCUT2D eigenvalue weighted by atomic mass is 9.64. The van der Waals surface area contributed by atoms with E-state index in [4.69, 9.17) is 9.47 Å². The fourth-order valence-electron chi connectivity index (χ4n) is 5.96. The van der Waals surface area contributed by atoms with E-state index in [1.807, 2.05) is 0 Å². The number of carbonyl (C=O) groups excluding carboxylic acids is 2. The number of rotatable bonds is 3. The number of hydrogen-bond acceptors (Lipinski definition) is 5. The zero-order valence-corrected chi connectivity index (χ0v) is 18.1. The van der Waals surface area contributed by atoms with Crippen LogP contribution in [0.25, 0.3) is 0 Å². The van der Waals surface area contributed by atoms with Gasteiger partial charge in [0, 0.05) is 20.6 Å². The van der Waals surface area contributed by atoms with Gasteiger partial charge >= 0.3 is 0 Å². The SMILES string of the molecule is CO[C@H]1CC[C@@H]2CC(=O)N[C@@H](C)C(=O)N[C@H](CO)C[C@H]3CC[C@H](OC)[C@@H](C3)[C@@H]1C2. The van der Waals surface area contributed by atoms with E-state index in [1.54, 1.807) is 21.1 Å². The molecule has 3 fully saturated rings. The second-order valence-electron chi connectivity index (χ2n) is 9.35. The van der Waals surface area contributed by atoms with Gasteiger partial charge in [-0.3, -0.25) is 9.59 Å². The average Bonchev–Trinajstić information content (AvgIpc) is 2.72. The number of ether oxygens (including phenoxy) is 2. The summed E-state index contributed by atoms with van der Waals surface area (Å²) in [7, 11) is 3.59. The van der Waals surface area contributed by atoms with Crippen LogP contribution in [0, 0.1) is 23.7 Å². The molecular weight excluding hydrogens is 372 g/mol. The molecule has 7 heteroatoms. The summed E-state index contributed by atoms with van der Waals surface area (Å²) >= 11 is 0. The highest BCUT2D eigenvalue weighted by Gasteiger charge is 2.43. The highest BCUT2D eigenvalue weighted by atomic mass is 16.5. The molecule has 29 heavy (non-hydrogen) atoms. The molecule has 1 saturated heterocycles. The number of aliphatic hydroxyl groups is 1. The molecule has 0 unspecified atom stereocenters. The predicted molar refractivity (Wildman–Crippen MR) is 109 cm³/mol. The van der Waals surface area contributed by atoms with Crippen LogP contribution in [0.3, 0.4) is 0 Å². The topological polar surface area (TPSA) is 96.9 Å². The monoisotopic (exact) mass is 410 g/mol. The summed E-state index contributed by atoms with van der Waals surface area (Å²) in [6.07, 6.45) is 7.57. The molecular formula is C22H38N2O5. The number of amides is 2. The average molecular weight is 411 g/mol. The summed E-state index contributed by atoms with van der Waals surface area (Å²) in [6, 6.07) is -0.880. The maximum absolute atomic E-state index is 12.5. The second kappa shape index (κ2) is 10.2. The standard InChI is InChI=1S/C22H38N2O5/c1-13-22(27)24-16(12-25)8-14-4-6-19(28-2)17(9-14)18-10-15(11-21(26)23-13)5-7-20(18)29-3/h13-20,25H,4-12H2,1-3H3,(H,23,26)(H,24,27)/t13-,14+,15-,16-,17-,18-,19-,20-/m0/s1. The zero-order chi connectivity index (χ0) is 21.0. The number of carbonyl (C=O) groups is 2. The van der Waals surface area contributed by atoms with Crippen molar-refractivity contribution in [2.75, 3.05) is 20.8 Å². The molecule has 0 aromatic rings. The molecule has 166 valence electrons. The molecule has 2 aliphatic carbocycles. The Balaban J connectivity index is 1.85. The van der Waals surface area contributed by atoms with Crippen LogP contribution in [-0.2, 0) is 19.1 Å². The lowest BCUT2D eigenvalue weighted by molar-refractivity contribution is -0.131. The summed E-state index contributed by atoms with van der Waals surface area (Å²) in [5, 5.41) is 15.6. The fraction of sp³-hybridized carbons (Fsp3) is 0.909. The molecule has 0 spiro atoms. The van der Waals surface area contributed by atoms with E-state index in [0.29, 0.717) is 30.1 Å². The van der Waals surface area contributed by atoms with Gasteiger partial charge in [0.1, 0.15) is 6.04 Å². The maximum atomic E-state index is 12.5. The Morgan fingerprint density at radius 2 is 1.48 bits per heavy atom. The molecule has 2 saturated carbocycles. The molecule has 0 aromatic heterocycles. The zero-order valence-electron chi connectivity index (χ0n) is 18.1. The van der Waals surface area contributed by atoms with Crippen molar-refractivity contribution >= 4 is 11.8 Å². The maximum Gasteiger partial charge on any atom is 0.242 e. The van der Waals surface area contributed by atoms with Crippen molar-refractivity contribution in [3.8, 4) is 0 Å². The van der Waals surface area contributed by atoms with E-state index in [2.05, 4.69) is 10.6 Å². The Labute approximate surface area is 174 Å². The van der Waals surface area contributed by atoms with Crippen molar-refractivity contribution in [3.63, 3.8) is 0 Å². The van der Waals surface area contributed by atoms with Crippen LogP contribution < -0.4 is 10.6 Å². The summed E-state index contributed by atoms with van der Waals surface area (Å²) < 4.78 is 11.8. The van der Waals surface area contributed by atoms with Crippen LogP contribution in [0.2, 0.25) is 0 Å². The minimum atomic E-state index is -0.595. The van der Waals surface area contributed by atoms with Crippen LogP contribution in [0.1, 0.15) is 58.3 Å². The minimum Gasteiger partial charge on any atom is -0.394 e. The first kappa shape index (κ1) is 22.5. The number of aliphatic hydroxyl groups excluding tert-OH is 1. The molecule has 3 aliphatic rings. The number of methoxy groups -OCH3 is 2. The molecule has 8 atom stereocenters. The van der Waals surface area contributed by atoms with Crippen molar-refractivity contribution in [2.24, 2.45) is 23.7 Å². The van der Waals surface area contributed by atoms with Crippen LogP contribution >= 0.6 is 0 Å². The van der Waals surface area contributed by atoms with Gasteiger partial charge in [-0.1, -0.05) is 0 Å². The number of hydrogen-bond donors (Lipinski definition) is 3. The van der Waals surface area contributed by atoms with Crippen molar-refractivity contribution in [1.29, 1.82) is 0 Å². The van der Waals surface area contributed by atoms with E-state index in [0.717, 1.165) is 44.9 Å². The summed E-state index contributed by atoms with van der Waals surface area (Å²) in [4.78, 5) is 25.0. The lowest BCUT2D eigenvalue weighted by Crippen LogP contribution is -2.51. The first-order valence-corrected chi connectivity index (χ1v) is 11.2. The van der Waals surface area contributed by atoms with Crippen molar-refractivity contribution in [3.05, 3.63) is 0 Å². The molecule has 3 N–H and O–H groups in total. The fourth-order valence-corrected chi connectivity index (χ4v) is 5.96. The lowest BCUT2D eigenvalue weighted by Gasteiger charge is -2.46. The molecule has 0 aromatic carbocycles. The van der Waals surface area contributed by atoms with Crippen molar-refractivity contribution < 1.29 is 24.2 Å². The highest BCUT2D eigenvalue weighted by Crippen LogP contribution is 2.45. The largest absolute Gasteiger partial charge is 0.394 e. The minimum absolute atomic E-state index is 0.0744. The predicted octanol–water partition coefficient (Wildman–Crippen LogP) is 1.62. The number of nitrogens with one attached hydrogen (secondary N) is 2. The van der Waals surface area contributed by atoms with E-state index in [-0.39, 0.29) is 36.7 Å². The summed E-state index contributed by atoms with van der Waals surface area (Å²) in [5.41, 5.74) is 0. The van der Waals surface area contributed by atoms with Gasteiger partial charge in [-0.2, -0.15) is 0 Å². The molecule has 4 bridgehead atoms.